The number of ether oxygens (including phenoxy) is 6. The fourth-order valence-electron chi connectivity index (χ4n) is 11.1. The molecule has 36 heteroatoms. The number of hydrogen-bond acceptors (Lipinski definition) is 32. The summed E-state index contributed by atoms with van der Waals surface area (Å²) in [6.07, 6.45) is -31.3. The van der Waals surface area contributed by atoms with Crippen LogP contribution < -0.4 is 48.5 Å². The van der Waals surface area contributed by atoms with E-state index in [9.17, 15) is 95.2 Å². The van der Waals surface area contributed by atoms with Crippen LogP contribution in [0.3, 0.4) is 0 Å². The van der Waals surface area contributed by atoms with E-state index in [1.54, 1.807) is 51.1 Å². The number of hydrogen-bond donors (Lipinski definition) is 21. The molecule has 2 aromatic rings. The molecule has 24 N–H and O–H groups in total. The van der Waals surface area contributed by atoms with Crippen LogP contribution in [0.1, 0.15) is 44.2 Å². The number of nitrogens with one attached hydrogen (secondary N) is 5. The van der Waals surface area contributed by atoms with Crippen LogP contribution in [0.5, 0.6) is 5.75 Å². The van der Waals surface area contributed by atoms with Gasteiger partial charge in [-0.25, -0.2) is 0 Å². The zero-order valence-corrected chi connectivity index (χ0v) is 50.7. The Bertz CT molecular complexity index is 2890. The number of benzene rings is 2. The van der Waals surface area contributed by atoms with Crippen molar-refractivity contribution in [1.29, 1.82) is 0 Å². The van der Waals surface area contributed by atoms with Gasteiger partial charge in [-0.1, -0.05) is 63.2 Å². The van der Waals surface area contributed by atoms with Gasteiger partial charge < -0.3 is 148 Å². The van der Waals surface area contributed by atoms with Gasteiger partial charge in [-0.15, -0.1) is 0 Å². The minimum Gasteiger partial charge on any atom is -0.462 e. The van der Waals surface area contributed by atoms with Crippen LogP contribution in [0.2, 0.25) is 0 Å². The van der Waals surface area contributed by atoms with Gasteiger partial charge >= 0.3 is 5.97 Å². The Balaban J connectivity index is 1.14. The molecule has 7 rings (SSSR count). The van der Waals surface area contributed by atoms with Crippen molar-refractivity contribution in [1.82, 2.24) is 31.5 Å². The molecule has 0 aromatic heterocycles. The number of nitrogens with zero attached hydrogens (tertiary/aromatic N) is 3. The minimum absolute atomic E-state index is 0.0560. The Morgan fingerprint density at radius 1 is 0.677 bits per heavy atom. The summed E-state index contributed by atoms with van der Waals surface area (Å²) in [6.45, 7) is 0.710. The Morgan fingerprint density at radius 3 is 1.89 bits per heavy atom. The minimum atomic E-state index is -2.26. The first-order chi connectivity index (χ1) is 44.2. The second-order valence-corrected chi connectivity index (χ2v) is 23.6. The number of nitrogens with two attached hydrogens (primary N) is 3. The molecule has 25 atom stereocenters. The van der Waals surface area contributed by atoms with E-state index in [0.717, 1.165) is 4.90 Å². The first-order valence-electron chi connectivity index (χ1n) is 29.9. The van der Waals surface area contributed by atoms with E-state index < -0.39 is 227 Å². The Hall–Kier alpha value is -6.92. The number of carbonyl (C=O) groups excluding carboxylic acids is 6. The van der Waals surface area contributed by atoms with Gasteiger partial charge in [-0.05, 0) is 29.2 Å². The third kappa shape index (κ3) is 17.5. The number of guanidine groups is 2. The highest BCUT2D eigenvalue weighted by Gasteiger charge is 2.55. The number of amides is 4. The van der Waals surface area contributed by atoms with Gasteiger partial charge in [-0.3, -0.25) is 34.0 Å². The standard InChI is InChI=1S/C57H85N11O25/c1-22(2)13-34(74)92-48-41(78)32(20-72)90-55(46(48)83)93-47-33(21-73)91-54(45(82)43(47)80)88-27-11-9-24(10-12-27)14-28(64-50(85)35(58)23(3)25-7-5-4-6-8-25)49(84)66-36(38(75)29-15-61-56(59)65-29)52(87)67-37(51(86)63-26(17-69)18-70)39(76)30-16-62-57(60)68(30)53-44(81)42(79)40(77)31(19-71)89-53/h4-12,17,22-23,26,28-33,35-48,53-55,70-73,75-83H,13-16,18-21,58H2,1-3H3,(H2,60,62)(H,63,86)(H,64,85)(H,66,84)(H,67,87)(H3,59,61,65). The molecule has 0 aliphatic carbocycles. The largest absolute Gasteiger partial charge is 0.462 e. The molecule has 5 aliphatic heterocycles. The quantitative estimate of drug-likeness (QED) is 0.0266. The van der Waals surface area contributed by atoms with Crippen molar-refractivity contribution in [2.45, 2.75) is 186 Å². The molecular weight excluding hydrogens is 1240 g/mol. The van der Waals surface area contributed by atoms with E-state index in [4.69, 9.17) is 45.6 Å². The van der Waals surface area contributed by atoms with Crippen molar-refractivity contribution < 1.29 is 124 Å². The average Bonchev–Trinajstić information content (AvgIpc) is 1.77. The summed E-state index contributed by atoms with van der Waals surface area (Å²) in [5, 5.41) is 153. The van der Waals surface area contributed by atoms with E-state index >= 15 is 0 Å². The highest BCUT2D eigenvalue weighted by molar-refractivity contribution is 5.96. The summed E-state index contributed by atoms with van der Waals surface area (Å²) in [7, 11) is 0. The zero-order chi connectivity index (χ0) is 68.3. The molecule has 518 valence electrons. The lowest BCUT2D eigenvalue weighted by Crippen LogP contribution is -2.70. The molecule has 93 heavy (non-hydrogen) atoms. The van der Waals surface area contributed by atoms with E-state index in [0.29, 0.717) is 5.56 Å². The first kappa shape index (κ1) is 73.5. The van der Waals surface area contributed by atoms with Crippen molar-refractivity contribution in [3.8, 4) is 5.75 Å². The predicted octanol–water partition coefficient (Wildman–Crippen LogP) is -11.1. The van der Waals surface area contributed by atoms with Crippen molar-refractivity contribution in [3.05, 3.63) is 65.7 Å². The van der Waals surface area contributed by atoms with Crippen LogP contribution in [-0.2, 0) is 58.9 Å². The lowest BCUT2D eigenvalue weighted by Gasteiger charge is -2.46. The maximum atomic E-state index is 14.9. The molecule has 5 heterocycles. The maximum absolute atomic E-state index is 14.9. The lowest BCUT2D eigenvalue weighted by molar-refractivity contribution is -0.353. The van der Waals surface area contributed by atoms with Gasteiger partial charge in [0.25, 0.3) is 0 Å². The summed E-state index contributed by atoms with van der Waals surface area (Å²) >= 11 is 0. The van der Waals surface area contributed by atoms with Gasteiger partial charge in [-0.2, -0.15) is 0 Å². The van der Waals surface area contributed by atoms with Crippen molar-refractivity contribution in [2.24, 2.45) is 33.1 Å². The van der Waals surface area contributed by atoms with Crippen LogP contribution in [0.25, 0.3) is 0 Å². The number of aliphatic imine (C=N–C) groups is 2. The number of aliphatic hydroxyl groups is 13. The average molecular weight is 1320 g/mol. The van der Waals surface area contributed by atoms with Crippen LogP contribution in [0.15, 0.2) is 64.6 Å². The summed E-state index contributed by atoms with van der Waals surface area (Å²) in [5.41, 5.74) is 19.5. The normalized spacial score (nSPS) is 32.2. The van der Waals surface area contributed by atoms with E-state index in [1.807, 2.05) is 0 Å². The van der Waals surface area contributed by atoms with Crippen LogP contribution in [0, 0.1) is 5.92 Å². The highest BCUT2D eigenvalue weighted by Crippen LogP contribution is 2.33. The van der Waals surface area contributed by atoms with Crippen LogP contribution >= 0.6 is 0 Å². The Morgan fingerprint density at radius 2 is 1.29 bits per heavy atom. The van der Waals surface area contributed by atoms with Gasteiger partial charge in [0.2, 0.25) is 29.9 Å². The van der Waals surface area contributed by atoms with Crippen molar-refractivity contribution >= 4 is 47.8 Å². The molecule has 3 saturated heterocycles. The first-order valence-corrected chi connectivity index (χ1v) is 29.9. The molecule has 0 bridgehead atoms. The Kier molecular flexibility index (Phi) is 26.0. The number of esters is 1. The topological polar surface area (TPSA) is 587 Å². The number of aliphatic hydroxyl groups excluding tert-OH is 13. The highest BCUT2D eigenvalue weighted by atomic mass is 16.7. The monoisotopic (exact) mass is 1320 g/mol. The number of carbonyl (C=O) groups is 6. The van der Waals surface area contributed by atoms with Crippen molar-refractivity contribution in [2.75, 3.05) is 39.5 Å². The van der Waals surface area contributed by atoms with Gasteiger partial charge in [0, 0.05) is 18.8 Å². The summed E-state index contributed by atoms with van der Waals surface area (Å²) in [5.74, 6) is -7.18. The molecule has 0 saturated carbocycles. The molecule has 4 amide bonds. The lowest BCUT2D eigenvalue weighted by atomic mass is 9.93. The van der Waals surface area contributed by atoms with Crippen molar-refractivity contribution in [3.63, 3.8) is 0 Å². The van der Waals surface area contributed by atoms with E-state index in [2.05, 4.69) is 36.6 Å². The summed E-state index contributed by atoms with van der Waals surface area (Å²) in [6, 6.07) is 2.07. The molecule has 5 aliphatic rings. The van der Waals surface area contributed by atoms with E-state index in [1.165, 1.54) is 24.3 Å². The number of rotatable bonds is 29. The van der Waals surface area contributed by atoms with Gasteiger partial charge in [0.15, 0.2) is 30.5 Å². The molecule has 0 spiro atoms. The second-order valence-electron chi connectivity index (χ2n) is 23.6. The summed E-state index contributed by atoms with van der Waals surface area (Å²) in [4.78, 5) is 91.7. The predicted molar refractivity (Wildman–Crippen MR) is 316 cm³/mol. The fourth-order valence-corrected chi connectivity index (χ4v) is 11.1. The second kappa shape index (κ2) is 33.0. The fraction of sp³-hybridized carbons (Fsp3) is 0.649. The van der Waals surface area contributed by atoms with Crippen LogP contribution in [-0.4, -0.2) is 305 Å². The molecular formula is C57H85N11O25. The molecule has 2 aromatic carbocycles. The third-order valence-electron chi connectivity index (χ3n) is 16.5. The maximum Gasteiger partial charge on any atom is 0.306 e. The molecule has 3 fully saturated rings. The molecule has 36 nitrogen and oxygen atoms in total. The Labute approximate surface area is 531 Å². The number of aldehydes is 1. The summed E-state index contributed by atoms with van der Waals surface area (Å²) < 4.78 is 34.1. The zero-order valence-electron chi connectivity index (χ0n) is 50.7. The smallest absolute Gasteiger partial charge is 0.306 e. The van der Waals surface area contributed by atoms with Crippen LogP contribution in [0.4, 0.5) is 0 Å². The molecule has 25 unspecified atom stereocenters. The third-order valence-corrected chi connectivity index (χ3v) is 16.5. The van der Waals surface area contributed by atoms with Gasteiger partial charge in [0.05, 0.1) is 57.6 Å². The van der Waals surface area contributed by atoms with Gasteiger partial charge in [0.1, 0.15) is 116 Å². The van der Waals surface area contributed by atoms with E-state index in [-0.39, 0.29) is 42.4 Å². The molecule has 0 radical (unpaired) electrons. The SMILES string of the molecule is CC(C)CC(=O)OC1C(O)C(CO)OC(OC2C(CO)OC(Oc3ccc(CC(NC(=O)C(N)C(C)c4ccccc4)C(=O)NC(C(=O)NC(C(=O)NC(C=O)CO)C(O)C4CN=C(N)N4C4OC(CO)C(O)C(O)C4O)C(O)C4CN=C(N)N4)cc3)C(O)C2O)C1O.